The van der Waals surface area contributed by atoms with Crippen molar-refractivity contribution in [3.63, 3.8) is 0 Å². The maximum atomic E-state index is 13.0. The first-order valence-electron chi connectivity index (χ1n) is 9.26. The van der Waals surface area contributed by atoms with Gasteiger partial charge in [0.2, 0.25) is 5.91 Å². The Morgan fingerprint density at radius 2 is 2.07 bits per heavy atom. The molecule has 0 atom stereocenters. The lowest BCUT2D eigenvalue weighted by molar-refractivity contribution is -0.122. The normalized spacial score (nSPS) is 15.0. The van der Waals surface area contributed by atoms with Crippen molar-refractivity contribution in [3.05, 3.63) is 46.9 Å². The summed E-state index contributed by atoms with van der Waals surface area (Å²) in [6.45, 7) is 1.66. The first-order valence-corrected chi connectivity index (χ1v) is 10.5. The van der Waals surface area contributed by atoms with E-state index >= 15 is 0 Å². The molecule has 5 nitrogen and oxygen atoms in total. The van der Waals surface area contributed by atoms with Crippen LogP contribution in [0.4, 0.5) is 11.5 Å². The van der Waals surface area contributed by atoms with Crippen molar-refractivity contribution in [2.24, 2.45) is 5.92 Å². The van der Waals surface area contributed by atoms with Crippen molar-refractivity contribution in [2.75, 3.05) is 37.0 Å². The van der Waals surface area contributed by atoms with Crippen molar-refractivity contribution in [1.82, 2.24) is 4.98 Å². The van der Waals surface area contributed by atoms with E-state index in [0.29, 0.717) is 10.8 Å². The summed E-state index contributed by atoms with van der Waals surface area (Å²) in [7, 11) is 3.38. The number of thiophene rings is 1. The van der Waals surface area contributed by atoms with Gasteiger partial charge < -0.3 is 14.5 Å². The minimum absolute atomic E-state index is 0.00352. The van der Waals surface area contributed by atoms with Gasteiger partial charge in [0.15, 0.2) is 0 Å². The maximum absolute atomic E-state index is 13.0. The predicted octanol–water partition coefficient (Wildman–Crippen LogP) is 4.84. The van der Waals surface area contributed by atoms with E-state index in [4.69, 9.17) is 16.3 Å². The third-order valence-electron chi connectivity index (χ3n) is 5.36. The van der Waals surface area contributed by atoms with Crippen LogP contribution < -0.4 is 14.5 Å². The first-order chi connectivity index (χ1) is 13.6. The summed E-state index contributed by atoms with van der Waals surface area (Å²) < 4.78 is 6.44. The summed E-state index contributed by atoms with van der Waals surface area (Å²) in [6, 6.07) is 9.60. The Balaban J connectivity index is 1.44. The van der Waals surface area contributed by atoms with Crippen molar-refractivity contribution >= 4 is 50.4 Å². The van der Waals surface area contributed by atoms with Gasteiger partial charge in [-0.15, -0.1) is 11.3 Å². The van der Waals surface area contributed by atoms with E-state index in [9.17, 15) is 4.79 Å². The van der Waals surface area contributed by atoms with E-state index in [2.05, 4.69) is 27.4 Å². The van der Waals surface area contributed by atoms with E-state index in [1.807, 2.05) is 12.3 Å². The van der Waals surface area contributed by atoms with Crippen molar-refractivity contribution in [1.29, 1.82) is 0 Å². The molecule has 0 bridgehead atoms. The quantitative estimate of drug-likeness (QED) is 0.611. The fourth-order valence-electron chi connectivity index (χ4n) is 3.74. The highest BCUT2D eigenvalue weighted by molar-refractivity contribution is 7.17. The minimum atomic E-state index is 0.00352. The molecule has 4 rings (SSSR count). The Hall–Kier alpha value is -2.31. The van der Waals surface area contributed by atoms with Gasteiger partial charge in [-0.1, -0.05) is 11.6 Å². The average Bonchev–Trinajstić information content (AvgIpc) is 3.21. The number of fused-ring (bicyclic) bond motifs is 1. The van der Waals surface area contributed by atoms with Crippen molar-refractivity contribution in [2.45, 2.75) is 12.8 Å². The lowest BCUT2D eigenvalue weighted by atomic mass is 9.95. The zero-order valence-corrected chi connectivity index (χ0v) is 17.5. The lowest BCUT2D eigenvalue weighted by Gasteiger charge is -2.34. The van der Waals surface area contributed by atoms with E-state index in [-0.39, 0.29) is 11.8 Å². The zero-order valence-electron chi connectivity index (χ0n) is 15.9. The van der Waals surface area contributed by atoms with Crippen LogP contribution in [0.3, 0.4) is 0 Å². The fourth-order valence-corrected chi connectivity index (χ4v) is 4.76. The molecular formula is C21H22ClN3O2S. The van der Waals surface area contributed by atoms with Gasteiger partial charge in [0, 0.05) is 48.0 Å². The molecule has 146 valence electrons. The number of carbonyl (C=O) groups excluding carboxylic acids is 1. The van der Waals surface area contributed by atoms with Crippen LogP contribution in [0.2, 0.25) is 5.02 Å². The molecule has 1 aromatic carbocycles. The van der Waals surface area contributed by atoms with Gasteiger partial charge in [0.1, 0.15) is 11.6 Å². The molecule has 1 fully saturated rings. The van der Waals surface area contributed by atoms with Gasteiger partial charge in [0.25, 0.3) is 0 Å². The van der Waals surface area contributed by atoms with E-state index in [0.717, 1.165) is 37.4 Å². The number of methoxy groups -OCH3 is 1. The summed E-state index contributed by atoms with van der Waals surface area (Å²) in [5.74, 6) is 1.76. The van der Waals surface area contributed by atoms with Crippen LogP contribution in [-0.4, -0.2) is 38.1 Å². The molecule has 1 saturated heterocycles. The SMILES string of the molecule is COc1ccc(N(C)C(=O)C2CCN(c3nccc4sccc34)CC2)cc1Cl. The molecular weight excluding hydrogens is 394 g/mol. The van der Waals surface area contributed by atoms with Gasteiger partial charge in [-0.05, 0) is 48.6 Å². The number of anilines is 2. The lowest BCUT2D eigenvalue weighted by Crippen LogP contribution is -2.41. The number of hydrogen-bond donors (Lipinski definition) is 0. The number of aromatic nitrogens is 1. The van der Waals surface area contributed by atoms with E-state index < -0.39 is 0 Å². The second kappa shape index (κ2) is 7.97. The molecule has 0 N–H and O–H groups in total. The topological polar surface area (TPSA) is 45.7 Å². The number of halogens is 1. The Morgan fingerprint density at radius 1 is 1.29 bits per heavy atom. The molecule has 7 heteroatoms. The fraction of sp³-hybridized carbons (Fsp3) is 0.333. The third-order valence-corrected chi connectivity index (χ3v) is 6.53. The largest absolute Gasteiger partial charge is 0.495 e. The van der Waals surface area contributed by atoms with E-state index in [1.54, 1.807) is 42.5 Å². The highest BCUT2D eigenvalue weighted by atomic mass is 35.5. The molecule has 1 amide bonds. The monoisotopic (exact) mass is 415 g/mol. The Labute approximate surface area is 173 Å². The Kier molecular flexibility index (Phi) is 5.42. The summed E-state index contributed by atoms with van der Waals surface area (Å²) in [5, 5.41) is 3.80. The van der Waals surface area contributed by atoms with Crippen LogP contribution >= 0.6 is 22.9 Å². The molecule has 3 aromatic rings. The number of amides is 1. The van der Waals surface area contributed by atoms with Crippen LogP contribution in [0, 0.1) is 5.92 Å². The van der Waals surface area contributed by atoms with Crippen molar-refractivity contribution < 1.29 is 9.53 Å². The molecule has 28 heavy (non-hydrogen) atoms. The van der Waals surface area contributed by atoms with Crippen molar-refractivity contribution in [3.8, 4) is 5.75 Å². The van der Waals surface area contributed by atoms with E-state index in [1.165, 1.54) is 10.1 Å². The smallest absolute Gasteiger partial charge is 0.229 e. The number of hydrogen-bond acceptors (Lipinski definition) is 5. The first kappa shape index (κ1) is 19.0. The number of piperidine rings is 1. The Bertz CT molecular complexity index is 998. The average molecular weight is 416 g/mol. The van der Waals surface area contributed by atoms with Gasteiger partial charge in [0.05, 0.1) is 12.1 Å². The maximum Gasteiger partial charge on any atom is 0.229 e. The number of pyridine rings is 1. The van der Waals surface area contributed by atoms with Crippen LogP contribution in [0.5, 0.6) is 5.75 Å². The van der Waals surface area contributed by atoms with Gasteiger partial charge >= 0.3 is 0 Å². The van der Waals surface area contributed by atoms with Crippen LogP contribution in [0.1, 0.15) is 12.8 Å². The summed E-state index contributed by atoms with van der Waals surface area (Å²) in [4.78, 5) is 21.6. The molecule has 1 aliphatic rings. The Morgan fingerprint density at radius 3 is 2.79 bits per heavy atom. The molecule has 0 saturated carbocycles. The molecule has 2 aromatic heterocycles. The third kappa shape index (κ3) is 3.54. The standard InChI is InChI=1S/C21H22ClN3O2S/c1-24(15-3-4-18(27-2)17(22)13-15)21(26)14-6-10-25(11-7-14)20-16-8-12-28-19(16)5-9-23-20/h3-5,8-9,12-14H,6-7,10-11H2,1-2H3. The van der Waals surface area contributed by atoms with Crippen LogP contribution in [0.25, 0.3) is 10.1 Å². The molecule has 0 radical (unpaired) electrons. The minimum Gasteiger partial charge on any atom is -0.495 e. The number of benzene rings is 1. The van der Waals surface area contributed by atoms with Crippen LogP contribution in [-0.2, 0) is 4.79 Å². The summed E-state index contributed by atoms with van der Waals surface area (Å²) in [6.07, 6.45) is 3.50. The zero-order chi connectivity index (χ0) is 19.7. The highest BCUT2D eigenvalue weighted by Gasteiger charge is 2.29. The van der Waals surface area contributed by atoms with Crippen LogP contribution in [0.15, 0.2) is 41.9 Å². The molecule has 1 aliphatic heterocycles. The summed E-state index contributed by atoms with van der Waals surface area (Å²) >= 11 is 7.94. The van der Waals surface area contributed by atoms with Gasteiger partial charge in [-0.2, -0.15) is 0 Å². The molecule has 0 aliphatic carbocycles. The molecule has 0 spiro atoms. The van der Waals surface area contributed by atoms with Gasteiger partial charge in [-0.25, -0.2) is 4.98 Å². The van der Waals surface area contributed by atoms with Gasteiger partial charge in [-0.3, -0.25) is 4.79 Å². The number of carbonyl (C=O) groups is 1. The predicted molar refractivity (Wildman–Crippen MR) is 116 cm³/mol. The number of ether oxygens (including phenoxy) is 1. The second-order valence-electron chi connectivity index (χ2n) is 6.94. The summed E-state index contributed by atoms with van der Waals surface area (Å²) in [5.41, 5.74) is 0.780. The molecule has 3 heterocycles. The number of nitrogens with zero attached hydrogens (tertiary/aromatic N) is 3. The number of rotatable bonds is 4. The molecule has 0 unspecified atom stereocenters. The second-order valence-corrected chi connectivity index (χ2v) is 8.30. The highest BCUT2D eigenvalue weighted by Crippen LogP contribution is 2.33.